The SMILES string of the molecule is CS(=O)(=O)c1ccc(-c2cncc(C(=O)NCCO)c2)c(Cl)c1. The number of carbonyl (C=O) groups is 1. The highest BCUT2D eigenvalue weighted by atomic mass is 35.5. The number of nitrogens with one attached hydrogen (secondary N) is 1. The Morgan fingerprint density at radius 3 is 2.65 bits per heavy atom. The van der Waals surface area contributed by atoms with Gasteiger partial charge in [0.15, 0.2) is 9.84 Å². The summed E-state index contributed by atoms with van der Waals surface area (Å²) < 4.78 is 23.1. The van der Waals surface area contributed by atoms with E-state index in [-0.39, 0.29) is 29.0 Å². The summed E-state index contributed by atoms with van der Waals surface area (Å²) in [6.45, 7) is -0.00941. The molecule has 1 aromatic heterocycles. The molecular formula is C15H15ClN2O4S. The van der Waals surface area contributed by atoms with E-state index >= 15 is 0 Å². The number of halogens is 1. The predicted molar refractivity (Wildman–Crippen MR) is 87.2 cm³/mol. The number of rotatable bonds is 5. The Labute approximate surface area is 139 Å². The van der Waals surface area contributed by atoms with Crippen LogP contribution in [0.3, 0.4) is 0 Å². The van der Waals surface area contributed by atoms with Crippen LogP contribution < -0.4 is 5.32 Å². The number of aromatic nitrogens is 1. The summed E-state index contributed by atoms with van der Waals surface area (Å²) in [4.78, 5) is 16.0. The molecule has 0 spiro atoms. The van der Waals surface area contributed by atoms with Gasteiger partial charge in [0.05, 0.1) is 17.1 Å². The van der Waals surface area contributed by atoms with Gasteiger partial charge in [-0.2, -0.15) is 0 Å². The van der Waals surface area contributed by atoms with Gasteiger partial charge < -0.3 is 10.4 Å². The Hall–Kier alpha value is -1.96. The van der Waals surface area contributed by atoms with Crippen LogP contribution in [-0.2, 0) is 9.84 Å². The zero-order chi connectivity index (χ0) is 17.0. The molecule has 0 bridgehead atoms. The van der Waals surface area contributed by atoms with Gasteiger partial charge in [0.25, 0.3) is 5.91 Å². The van der Waals surface area contributed by atoms with Crippen molar-refractivity contribution in [1.29, 1.82) is 0 Å². The number of hydrogen-bond acceptors (Lipinski definition) is 5. The monoisotopic (exact) mass is 354 g/mol. The van der Waals surface area contributed by atoms with Crippen LogP contribution in [-0.4, -0.2) is 43.8 Å². The van der Waals surface area contributed by atoms with Crippen LogP contribution in [0.5, 0.6) is 0 Å². The van der Waals surface area contributed by atoms with Crippen LogP contribution in [0.1, 0.15) is 10.4 Å². The van der Waals surface area contributed by atoms with Crippen molar-refractivity contribution < 1.29 is 18.3 Å². The molecular weight excluding hydrogens is 340 g/mol. The fraction of sp³-hybridized carbons (Fsp3) is 0.200. The van der Waals surface area contributed by atoms with Crippen molar-refractivity contribution >= 4 is 27.3 Å². The van der Waals surface area contributed by atoms with Crippen molar-refractivity contribution in [3.05, 3.63) is 47.2 Å². The highest BCUT2D eigenvalue weighted by Gasteiger charge is 2.13. The van der Waals surface area contributed by atoms with Gasteiger partial charge in [-0.25, -0.2) is 8.42 Å². The largest absolute Gasteiger partial charge is 0.395 e. The van der Waals surface area contributed by atoms with Crippen molar-refractivity contribution in [2.45, 2.75) is 4.90 Å². The molecule has 0 atom stereocenters. The maximum Gasteiger partial charge on any atom is 0.252 e. The summed E-state index contributed by atoms with van der Waals surface area (Å²) in [7, 11) is -3.34. The van der Waals surface area contributed by atoms with Crippen molar-refractivity contribution in [2.75, 3.05) is 19.4 Å². The summed E-state index contributed by atoms with van der Waals surface area (Å²) in [6.07, 6.45) is 4.03. The minimum Gasteiger partial charge on any atom is -0.395 e. The lowest BCUT2D eigenvalue weighted by Gasteiger charge is -2.08. The van der Waals surface area contributed by atoms with E-state index in [4.69, 9.17) is 16.7 Å². The number of aliphatic hydroxyl groups is 1. The minimum absolute atomic E-state index is 0.121. The summed E-state index contributed by atoms with van der Waals surface area (Å²) >= 11 is 6.16. The van der Waals surface area contributed by atoms with Crippen molar-refractivity contribution in [1.82, 2.24) is 10.3 Å². The van der Waals surface area contributed by atoms with Crippen LogP contribution >= 0.6 is 11.6 Å². The molecule has 0 aliphatic rings. The smallest absolute Gasteiger partial charge is 0.252 e. The molecule has 0 saturated carbocycles. The topological polar surface area (TPSA) is 96.4 Å². The molecule has 6 nitrogen and oxygen atoms in total. The molecule has 8 heteroatoms. The van der Waals surface area contributed by atoms with E-state index in [2.05, 4.69) is 10.3 Å². The molecule has 23 heavy (non-hydrogen) atoms. The third-order valence-electron chi connectivity index (χ3n) is 3.08. The number of aliphatic hydroxyl groups excluding tert-OH is 1. The Kier molecular flexibility index (Phi) is 5.35. The lowest BCUT2D eigenvalue weighted by atomic mass is 10.1. The number of carbonyl (C=O) groups excluding carboxylic acids is 1. The molecule has 2 N–H and O–H groups in total. The summed E-state index contributed by atoms with van der Waals surface area (Å²) in [5.74, 6) is -0.364. The summed E-state index contributed by atoms with van der Waals surface area (Å²) in [5.41, 5.74) is 1.48. The molecule has 0 saturated heterocycles. The van der Waals surface area contributed by atoms with Crippen LogP contribution in [0.25, 0.3) is 11.1 Å². The van der Waals surface area contributed by atoms with Crippen LogP contribution in [0, 0.1) is 0 Å². The van der Waals surface area contributed by atoms with E-state index < -0.39 is 9.84 Å². The van der Waals surface area contributed by atoms with Crippen molar-refractivity contribution in [3.8, 4) is 11.1 Å². The Bertz CT molecular complexity index is 837. The van der Waals surface area contributed by atoms with Gasteiger partial charge in [0, 0.05) is 41.3 Å². The first kappa shape index (κ1) is 17.4. The first-order chi connectivity index (χ1) is 10.8. The molecule has 1 heterocycles. The number of benzene rings is 1. The number of pyridine rings is 1. The molecule has 2 rings (SSSR count). The van der Waals surface area contributed by atoms with Crippen LogP contribution in [0.15, 0.2) is 41.6 Å². The number of sulfone groups is 1. The van der Waals surface area contributed by atoms with E-state index in [1.807, 2.05) is 0 Å². The van der Waals surface area contributed by atoms with E-state index in [0.29, 0.717) is 16.7 Å². The average Bonchev–Trinajstić information content (AvgIpc) is 2.51. The first-order valence-corrected chi connectivity index (χ1v) is 8.94. The molecule has 2 aromatic rings. The second kappa shape index (κ2) is 7.08. The predicted octanol–water partition coefficient (Wildman–Crippen LogP) is 1.53. The molecule has 1 aromatic carbocycles. The van der Waals surface area contributed by atoms with Gasteiger partial charge in [0.2, 0.25) is 0 Å². The van der Waals surface area contributed by atoms with Crippen LogP contribution in [0.2, 0.25) is 5.02 Å². The summed E-state index contributed by atoms with van der Waals surface area (Å²) in [5, 5.41) is 11.5. The molecule has 0 aliphatic heterocycles. The second-order valence-electron chi connectivity index (χ2n) is 4.86. The van der Waals surface area contributed by atoms with Gasteiger partial charge in [-0.1, -0.05) is 17.7 Å². The van der Waals surface area contributed by atoms with Gasteiger partial charge in [-0.15, -0.1) is 0 Å². The maximum absolute atomic E-state index is 11.9. The molecule has 0 unspecified atom stereocenters. The van der Waals surface area contributed by atoms with Crippen molar-refractivity contribution in [3.63, 3.8) is 0 Å². The fourth-order valence-corrected chi connectivity index (χ4v) is 2.94. The lowest BCUT2D eigenvalue weighted by Crippen LogP contribution is -2.26. The van der Waals surface area contributed by atoms with Gasteiger partial charge in [-0.05, 0) is 18.2 Å². The minimum atomic E-state index is -3.34. The normalized spacial score (nSPS) is 11.3. The Morgan fingerprint density at radius 1 is 1.30 bits per heavy atom. The highest BCUT2D eigenvalue weighted by Crippen LogP contribution is 2.30. The zero-order valence-electron chi connectivity index (χ0n) is 12.3. The lowest BCUT2D eigenvalue weighted by molar-refractivity contribution is 0.0944. The molecule has 0 aliphatic carbocycles. The molecule has 122 valence electrons. The van der Waals surface area contributed by atoms with E-state index in [1.54, 1.807) is 12.1 Å². The van der Waals surface area contributed by atoms with Crippen LogP contribution in [0.4, 0.5) is 0 Å². The van der Waals surface area contributed by atoms with Crippen molar-refractivity contribution in [2.24, 2.45) is 0 Å². The standard InChI is InChI=1S/C15H15ClN2O4S/c1-23(21,22)12-2-3-13(14(16)7-12)10-6-11(9-17-8-10)15(20)18-4-5-19/h2-3,6-9,19H,4-5H2,1H3,(H,18,20). The Morgan fingerprint density at radius 2 is 2.04 bits per heavy atom. The number of hydrogen-bond donors (Lipinski definition) is 2. The highest BCUT2D eigenvalue weighted by molar-refractivity contribution is 7.90. The maximum atomic E-state index is 11.9. The first-order valence-electron chi connectivity index (χ1n) is 6.67. The number of nitrogens with zero attached hydrogens (tertiary/aromatic N) is 1. The van der Waals surface area contributed by atoms with E-state index in [1.165, 1.54) is 24.5 Å². The van der Waals surface area contributed by atoms with E-state index in [0.717, 1.165) is 6.26 Å². The van der Waals surface area contributed by atoms with Gasteiger partial charge in [0.1, 0.15) is 0 Å². The van der Waals surface area contributed by atoms with E-state index in [9.17, 15) is 13.2 Å². The molecule has 1 amide bonds. The number of amides is 1. The third kappa shape index (κ3) is 4.28. The Balaban J connectivity index is 2.38. The van der Waals surface area contributed by atoms with Gasteiger partial charge >= 0.3 is 0 Å². The second-order valence-corrected chi connectivity index (χ2v) is 7.28. The zero-order valence-corrected chi connectivity index (χ0v) is 13.9. The molecule has 0 radical (unpaired) electrons. The fourth-order valence-electron chi connectivity index (χ4n) is 1.94. The van der Waals surface area contributed by atoms with Gasteiger partial charge in [-0.3, -0.25) is 9.78 Å². The molecule has 0 fully saturated rings. The third-order valence-corrected chi connectivity index (χ3v) is 4.50. The quantitative estimate of drug-likeness (QED) is 0.848. The average molecular weight is 355 g/mol. The summed E-state index contributed by atoms with van der Waals surface area (Å²) in [6, 6.07) is 5.99.